The van der Waals surface area contributed by atoms with Crippen LogP contribution in [0.15, 0.2) is 18.2 Å². The minimum Gasteiger partial charge on any atom is -0.496 e. The van der Waals surface area contributed by atoms with Gasteiger partial charge in [0.1, 0.15) is 5.75 Å². The maximum atomic E-state index is 5.54. The van der Waals surface area contributed by atoms with Crippen molar-refractivity contribution >= 4 is 0 Å². The smallest absolute Gasteiger partial charge is 0.123 e. The van der Waals surface area contributed by atoms with Crippen molar-refractivity contribution in [3.63, 3.8) is 0 Å². The standard InChI is InChI=1S/C17H28N2O2/c1-13(18-2)14-5-8-17(21-4)15(11-14)12-19(9-10-20-3)16-6-7-16/h5,8,11,13,16,18H,6-7,9-10,12H2,1-4H3. The Hall–Kier alpha value is -1.10. The molecule has 1 atom stereocenters. The van der Waals surface area contributed by atoms with Crippen molar-refractivity contribution < 1.29 is 9.47 Å². The number of benzene rings is 1. The molecule has 1 aromatic carbocycles. The molecule has 0 saturated heterocycles. The van der Waals surface area contributed by atoms with Crippen LogP contribution in [-0.2, 0) is 11.3 Å². The Labute approximate surface area is 128 Å². The number of nitrogens with one attached hydrogen (secondary N) is 1. The van der Waals surface area contributed by atoms with Crippen LogP contribution in [0.2, 0.25) is 0 Å². The Balaban J connectivity index is 2.14. The molecule has 2 rings (SSSR count). The second-order valence-electron chi connectivity index (χ2n) is 5.78. The van der Waals surface area contributed by atoms with Crippen LogP contribution in [0.5, 0.6) is 5.75 Å². The van der Waals surface area contributed by atoms with Crippen molar-refractivity contribution in [3.05, 3.63) is 29.3 Å². The van der Waals surface area contributed by atoms with Crippen LogP contribution in [-0.4, -0.2) is 45.4 Å². The first-order valence-electron chi connectivity index (χ1n) is 7.76. The van der Waals surface area contributed by atoms with Crippen LogP contribution in [0.1, 0.15) is 36.9 Å². The zero-order chi connectivity index (χ0) is 15.2. The molecule has 0 aromatic heterocycles. The fraction of sp³-hybridized carbons (Fsp3) is 0.647. The first-order valence-corrected chi connectivity index (χ1v) is 7.76. The monoisotopic (exact) mass is 292 g/mol. The Morgan fingerprint density at radius 3 is 2.67 bits per heavy atom. The van der Waals surface area contributed by atoms with E-state index in [9.17, 15) is 0 Å². The van der Waals surface area contributed by atoms with Crippen molar-refractivity contribution in [2.24, 2.45) is 0 Å². The van der Waals surface area contributed by atoms with E-state index in [4.69, 9.17) is 9.47 Å². The van der Waals surface area contributed by atoms with E-state index in [-0.39, 0.29) is 0 Å². The van der Waals surface area contributed by atoms with E-state index in [0.717, 1.165) is 31.5 Å². The molecular formula is C17H28N2O2. The molecule has 0 heterocycles. The molecule has 1 fully saturated rings. The lowest BCUT2D eigenvalue weighted by Crippen LogP contribution is -2.29. The predicted molar refractivity (Wildman–Crippen MR) is 85.8 cm³/mol. The largest absolute Gasteiger partial charge is 0.496 e. The molecule has 118 valence electrons. The number of methoxy groups -OCH3 is 2. The Morgan fingerprint density at radius 1 is 1.33 bits per heavy atom. The average Bonchev–Trinajstić information content (AvgIpc) is 3.35. The molecule has 4 nitrogen and oxygen atoms in total. The number of rotatable bonds is 9. The van der Waals surface area contributed by atoms with Crippen LogP contribution in [0, 0.1) is 0 Å². The Bertz CT molecular complexity index is 446. The fourth-order valence-corrected chi connectivity index (χ4v) is 2.62. The van der Waals surface area contributed by atoms with Crippen molar-refractivity contribution in [2.45, 2.75) is 38.4 Å². The molecule has 0 spiro atoms. The van der Waals surface area contributed by atoms with Gasteiger partial charge < -0.3 is 14.8 Å². The van der Waals surface area contributed by atoms with Crippen LogP contribution in [0.4, 0.5) is 0 Å². The van der Waals surface area contributed by atoms with Gasteiger partial charge in [-0.2, -0.15) is 0 Å². The summed E-state index contributed by atoms with van der Waals surface area (Å²) in [6.07, 6.45) is 2.61. The number of hydrogen-bond acceptors (Lipinski definition) is 4. The maximum Gasteiger partial charge on any atom is 0.123 e. The summed E-state index contributed by atoms with van der Waals surface area (Å²) in [6.45, 7) is 4.87. The highest BCUT2D eigenvalue weighted by Gasteiger charge is 2.29. The van der Waals surface area contributed by atoms with Crippen molar-refractivity contribution in [2.75, 3.05) is 34.4 Å². The maximum absolute atomic E-state index is 5.54. The quantitative estimate of drug-likeness (QED) is 0.758. The molecule has 0 aliphatic heterocycles. The fourth-order valence-electron chi connectivity index (χ4n) is 2.62. The van der Waals surface area contributed by atoms with Gasteiger partial charge in [-0.1, -0.05) is 6.07 Å². The first kappa shape index (κ1) is 16.3. The summed E-state index contributed by atoms with van der Waals surface area (Å²) < 4.78 is 10.8. The molecule has 4 heteroatoms. The third-order valence-corrected chi connectivity index (χ3v) is 4.26. The average molecular weight is 292 g/mol. The van der Waals surface area contributed by atoms with Gasteiger partial charge in [0.2, 0.25) is 0 Å². The molecule has 1 aliphatic rings. The number of ether oxygens (including phenoxy) is 2. The minimum atomic E-state index is 0.350. The summed E-state index contributed by atoms with van der Waals surface area (Å²) in [4.78, 5) is 2.51. The minimum absolute atomic E-state index is 0.350. The second kappa shape index (κ2) is 7.78. The molecule has 1 N–H and O–H groups in total. The van der Waals surface area contributed by atoms with Gasteiger partial charge >= 0.3 is 0 Å². The molecule has 0 amide bonds. The normalized spacial score (nSPS) is 16.2. The highest BCUT2D eigenvalue weighted by Crippen LogP contribution is 2.31. The van der Waals surface area contributed by atoms with E-state index in [1.807, 2.05) is 7.05 Å². The predicted octanol–water partition coefficient (Wildman–Crippen LogP) is 2.59. The molecule has 1 unspecified atom stereocenters. The molecule has 1 saturated carbocycles. The molecule has 0 radical (unpaired) electrons. The van der Waals surface area contributed by atoms with Gasteiger partial charge in [0, 0.05) is 37.8 Å². The molecule has 1 aromatic rings. The van der Waals surface area contributed by atoms with E-state index in [1.54, 1.807) is 14.2 Å². The lowest BCUT2D eigenvalue weighted by Gasteiger charge is -2.23. The van der Waals surface area contributed by atoms with Gasteiger partial charge in [-0.15, -0.1) is 0 Å². The Morgan fingerprint density at radius 2 is 2.10 bits per heavy atom. The summed E-state index contributed by atoms with van der Waals surface area (Å²) in [7, 11) is 5.50. The van der Waals surface area contributed by atoms with Crippen LogP contribution in [0.3, 0.4) is 0 Å². The van der Waals surface area contributed by atoms with E-state index >= 15 is 0 Å². The summed E-state index contributed by atoms with van der Waals surface area (Å²) >= 11 is 0. The zero-order valence-electron chi connectivity index (χ0n) is 13.7. The van der Waals surface area contributed by atoms with Crippen molar-refractivity contribution in [1.82, 2.24) is 10.2 Å². The van der Waals surface area contributed by atoms with Gasteiger partial charge in [-0.05, 0) is 44.5 Å². The van der Waals surface area contributed by atoms with E-state index in [0.29, 0.717) is 6.04 Å². The lowest BCUT2D eigenvalue weighted by atomic mass is 10.0. The Kier molecular flexibility index (Phi) is 6.03. The van der Waals surface area contributed by atoms with E-state index in [1.165, 1.54) is 24.0 Å². The molecule has 21 heavy (non-hydrogen) atoms. The second-order valence-corrected chi connectivity index (χ2v) is 5.78. The first-order chi connectivity index (χ1) is 10.2. The number of nitrogens with zero attached hydrogens (tertiary/aromatic N) is 1. The topological polar surface area (TPSA) is 33.7 Å². The summed E-state index contributed by atoms with van der Waals surface area (Å²) in [6, 6.07) is 7.56. The third-order valence-electron chi connectivity index (χ3n) is 4.26. The van der Waals surface area contributed by atoms with E-state index < -0.39 is 0 Å². The summed E-state index contributed by atoms with van der Waals surface area (Å²) in [5, 5.41) is 3.29. The van der Waals surface area contributed by atoms with Gasteiger partial charge in [0.25, 0.3) is 0 Å². The van der Waals surface area contributed by atoms with Crippen molar-refractivity contribution in [1.29, 1.82) is 0 Å². The van der Waals surface area contributed by atoms with E-state index in [2.05, 4.69) is 35.3 Å². The van der Waals surface area contributed by atoms with Crippen LogP contribution >= 0.6 is 0 Å². The summed E-state index contributed by atoms with van der Waals surface area (Å²) in [5.41, 5.74) is 2.57. The van der Waals surface area contributed by atoms with Gasteiger partial charge in [0.05, 0.1) is 13.7 Å². The van der Waals surface area contributed by atoms with Crippen molar-refractivity contribution in [3.8, 4) is 5.75 Å². The SMILES string of the molecule is CNC(C)c1ccc(OC)c(CN(CCOC)C2CC2)c1. The van der Waals surface area contributed by atoms with Crippen LogP contribution < -0.4 is 10.1 Å². The van der Waals surface area contributed by atoms with Gasteiger partial charge in [-0.25, -0.2) is 0 Å². The lowest BCUT2D eigenvalue weighted by molar-refractivity contribution is 0.139. The highest BCUT2D eigenvalue weighted by molar-refractivity contribution is 5.38. The molecule has 1 aliphatic carbocycles. The zero-order valence-corrected chi connectivity index (χ0v) is 13.7. The van der Waals surface area contributed by atoms with Gasteiger partial charge in [0.15, 0.2) is 0 Å². The highest BCUT2D eigenvalue weighted by atomic mass is 16.5. The summed E-state index contributed by atoms with van der Waals surface area (Å²) in [5.74, 6) is 0.977. The molecule has 0 bridgehead atoms. The molecular weight excluding hydrogens is 264 g/mol. The third kappa shape index (κ3) is 4.43. The number of hydrogen-bond donors (Lipinski definition) is 1. The van der Waals surface area contributed by atoms with Crippen LogP contribution in [0.25, 0.3) is 0 Å². The van der Waals surface area contributed by atoms with Gasteiger partial charge in [-0.3, -0.25) is 4.90 Å².